The maximum Gasteiger partial charge on any atom is 0.219 e. The number of nitrogens with two attached hydrogens (primary N) is 1. The monoisotopic (exact) mass is 345 g/mol. The van der Waals surface area contributed by atoms with Crippen molar-refractivity contribution in [3.8, 4) is 16.9 Å². The molecule has 0 spiro atoms. The van der Waals surface area contributed by atoms with Gasteiger partial charge in [0.15, 0.2) is 0 Å². The summed E-state index contributed by atoms with van der Waals surface area (Å²) in [6.45, 7) is 3.34. The third-order valence-electron chi connectivity index (χ3n) is 4.26. The van der Waals surface area contributed by atoms with Crippen LogP contribution in [0.3, 0.4) is 0 Å². The highest BCUT2D eigenvalue weighted by Crippen LogP contribution is 2.34. The lowest BCUT2D eigenvalue weighted by molar-refractivity contribution is 0.303. The van der Waals surface area contributed by atoms with Gasteiger partial charge in [0.2, 0.25) is 5.95 Å². The molecule has 130 valence electrons. The van der Waals surface area contributed by atoms with Crippen LogP contribution in [0, 0.1) is 0 Å². The summed E-state index contributed by atoms with van der Waals surface area (Å²) in [5, 5.41) is 6.58. The van der Waals surface area contributed by atoms with Crippen molar-refractivity contribution in [1.29, 1.82) is 0 Å². The van der Waals surface area contributed by atoms with E-state index in [2.05, 4.69) is 34.1 Å². The molecule has 0 aliphatic rings. The van der Waals surface area contributed by atoms with Crippen molar-refractivity contribution < 1.29 is 4.74 Å². The van der Waals surface area contributed by atoms with Crippen LogP contribution < -0.4 is 10.5 Å². The molecule has 2 aromatic heterocycles. The minimum absolute atomic E-state index is 0.268. The Morgan fingerprint density at radius 1 is 1.00 bits per heavy atom. The van der Waals surface area contributed by atoms with E-state index in [9.17, 15) is 0 Å². The maximum atomic E-state index is 6.05. The molecule has 6 nitrogen and oxygen atoms in total. The van der Waals surface area contributed by atoms with Crippen molar-refractivity contribution in [2.75, 3.05) is 5.73 Å². The van der Waals surface area contributed by atoms with Crippen LogP contribution in [0.4, 0.5) is 5.95 Å². The predicted molar refractivity (Wildman–Crippen MR) is 102 cm³/mol. The Balaban J connectivity index is 1.68. The third kappa shape index (κ3) is 3.09. The quantitative estimate of drug-likeness (QED) is 0.597. The number of fused-ring (bicyclic) bond motifs is 1. The molecular formula is C20H19N5O. The summed E-state index contributed by atoms with van der Waals surface area (Å²) >= 11 is 0. The van der Waals surface area contributed by atoms with Gasteiger partial charge in [-0.1, -0.05) is 24.3 Å². The number of aromatic nitrogens is 4. The first-order valence-electron chi connectivity index (χ1n) is 8.49. The number of anilines is 1. The van der Waals surface area contributed by atoms with E-state index in [4.69, 9.17) is 10.5 Å². The number of ether oxygens (including phenoxy) is 1. The van der Waals surface area contributed by atoms with Crippen molar-refractivity contribution in [3.05, 3.63) is 66.7 Å². The molecule has 0 aliphatic heterocycles. The molecule has 0 amide bonds. The largest absolute Gasteiger partial charge is 0.487 e. The van der Waals surface area contributed by atoms with Crippen molar-refractivity contribution in [2.45, 2.75) is 20.1 Å². The molecule has 26 heavy (non-hydrogen) atoms. The van der Waals surface area contributed by atoms with Gasteiger partial charge in [-0.3, -0.25) is 4.68 Å². The van der Waals surface area contributed by atoms with E-state index < -0.39 is 0 Å². The van der Waals surface area contributed by atoms with Crippen LogP contribution in [-0.4, -0.2) is 19.7 Å². The van der Waals surface area contributed by atoms with E-state index in [1.54, 1.807) is 12.4 Å². The second-order valence-corrected chi connectivity index (χ2v) is 5.94. The summed E-state index contributed by atoms with van der Waals surface area (Å²) in [7, 11) is 0. The molecule has 4 aromatic rings. The Morgan fingerprint density at radius 3 is 2.50 bits per heavy atom. The van der Waals surface area contributed by atoms with Crippen LogP contribution in [0.25, 0.3) is 21.9 Å². The molecule has 0 unspecified atom stereocenters. The lowest BCUT2D eigenvalue weighted by Crippen LogP contribution is -2.00. The number of nitrogen functional groups attached to an aromatic ring is 1. The number of rotatable bonds is 5. The zero-order chi connectivity index (χ0) is 17.9. The van der Waals surface area contributed by atoms with Crippen LogP contribution >= 0.6 is 0 Å². The Labute approximate surface area is 151 Å². The molecule has 6 heteroatoms. The lowest BCUT2D eigenvalue weighted by atomic mass is 9.99. The van der Waals surface area contributed by atoms with Crippen LogP contribution in [0.5, 0.6) is 5.75 Å². The molecule has 0 saturated heterocycles. The third-order valence-corrected chi connectivity index (χ3v) is 4.26. The molecule has 0 saturated carbocycles. The van der Waals surface area contributed by atoms with Crippen molar-refractivity contribution in [2.24, 2.45) is 0 Å². The molecule has 2 N–H and O–H groups in total. The van der Waals surface area contributed by atoms with E-state index in [1.165, 1.54) is 0 Å². The predicted octanol–water partition coefficient (Wildman–Crippen LogP) is 3.67. The molecule has 0 fully saturated rings. The summed E-state index contributed by atoms with van der Waals surface area (Å²) in [6, 6.07) is 14.1. The SMILES string of the molecule is CCn1ccc(COc2ccc(-c3cnc(N)nc3)c3ccccc23)n1. The lowest BCUT2D eigenvalue weighted by Gasteiger charge is -2.12. The van der Waals surface area contributed by atoms with Gasteiger partial charge in [0.1, 0.15) is 12.4 Å². The summed E-state index contributed by atoms with van der Waals surface area (Å²) in [5.74, 6) is 1.09. The molecule has 4 rings (SSSR count). The standard InChI is InChI=1S/C20H19N5O/c1-2-25-10-9-15(24-25)13-26-19-8-7-16(14-11-22-20(21)23-12-14)17-5-3-4-6-18(17)19/h3-12H,2,13H2,1H3,(H2,21,22,23). The molecular weight excluding hydrogens is 326 g/mol. The summed E-state index contributed by atoms with van der Waals surface area (Å²) in [4.78, 5) is 8.19. The summed E-state index contributed by atoms with van der Waals surface area (Å²) < 4.78 is 7.94. The zero-order valence-electron chi connectivity index (χ0n) is 14.5. The maximum absolute atomic E-state index is 6.05. The first kappa shape index (κ1) is 16.1. The van der Waals surface area contributed by atoms with Gasteiger partial charge in [0, 0.05) is 36.1 Å². The van der Waals surface area contributed by atoms with E-state index in [0.717, 1.165) is 39.9 Å². The van der Waals surface area contributed by atoms with Gasteiger partial charge >= 0.3 is 0 Å². The van der Waals surface area contributed by atoms with Gasteiger partial charge in [-0.2, -0.15) is 5.10 Å². The fourth-order valence-electron chi connectivity index (χ4n) is 2.93. The molecule has 2 heterocycles. The highest BCUT2D eigenvalue weighted by Gasteiger charge is 2.10. The molecule has 0 atom stereocenters. The first-order chi connectivity index (χ1) is 12.7. The fourth-order valence-corrected chi connectivity index (χ4v) is 2.93. The fraction of sp³-hybridized carbons (Fsp3) is 0.150. The van der Waals surface area contributed by atoms with Crippen molar-refractivity contribution in [3.63, 3.8) is 0 Å². The molecule has 2 aromatic carbocycles. The van der Waals surface area contributed by atoms with Crippen LogP contribution in [0.2, 0.25) is 0 Å². The highest BCUT2D eigenvalue weighted by molar-refractivity contribution is 5.99. The van der Waals surface area contributed by atoms with Gasteiger partial charge in [0.05, 0.1) is 5.69 Å². The summed E-state index contributed by atoms with van der Waals surface area (Å²) in [6.07, 6.45) is 5.44. The topological polar surface area (TPSA) is 78.9 Å². The van der Waals surface area contributed by atoms with E-state index in [1.807, 2.05) is 41.2 Å². The van der Waals surface area contributed by atoms with Crippen LogP contribution in [-0.2, 0) is 13.2 Å². The zero-order valence-corrected chi connectivity index (χ0v) is 14.5. The van der Waals surface area contributed by atoms with E-state index in [0.29, 0.717) is 6.61 Å². The Kier molecular flexibility index (Phi) is 4.23. The number of hydrogen-bond donors (Lipinski definition) is 1. The second-order valence-electron chi connectivity index (χ2n) is 5.94. The van der Waals surface area contributed by atoms with Crippen molar-refractivity contribution >= 4 is 16.7 Å². The normalized spacial score (nSPS) is 11.0. The molecule has 0 bridgehead atoms. The minimum atomic E-state index is 0.268. The minimum Gasteiger partial charge on any atom is -0.487 e. The second kappa shape index (κ2) is 6.84. The van der Waals surface area contributed by atoms with Gasteiger partial charge in [-0.15, -0.1) is 0 Å². The van der Waals surface area contributed by atoms with Gasteiger partial charge in [-0.25, -0.2) is 9.97 Å². The van der Waals surface area contributed by atoms with Gasteiger partial charge < -0.3 is 10.5 Å². The molecule has 0 radical (unpaired) electrons. The Bertz CT molecular complexity index is 1040. The number of aryl methyl sites for hydroxylation is 1. The van der Waals surface area contributed by atoms with E-state index >= 15 is 0 Å². The Morgan fingerprint density at radius 2 is 1.77 bits per heavy atom. The first-order valence-corrected chi connectivity index (χ1v) is 8.49. The number of hydrogen-bond acceptors (Lipinski definition) is 5. The number of nitrogens with zero attached hydrogens (tertiary/aromatic N) is 4. The van der Waals surface area contributed by atoms with Crippen LogP contribution in [0.1, 0.15) is 12.6 Å². The molecule has 0 aliphatic carbocycles. The smallest absolute Gasteiger partial charge is 0.219 e. The van der Waals surface area contributed by atoms with Crippen LogP contribution in [0.15, 0.2) is 61.1 Å². The number of benzene rings is 2. The Hall–Kier alpha value is -3.41. The van der Waals surface area contributed by atoms with E-state index in [-0.39, 0.29) is 5.95 Å². The summed E-state index contributed by atoms with van der Waals surface area (Å²) in [5.41, 5.74) is 8.47. The highest BCUT2D eigenvalue weighted by atomic mass is 16.5. The van der Waals surface area contributed by atoms with Gasteiger partial charge in [0.25, 0.3) is 0 Å². The van der Waals surface area contributed by atoms with Crippen molar-refractivity contribution in [1.82, 2.24) is 19.7 Å². The average molecular weight is 345 g/mol. The average Bonchev–Trinajstić information content (AvgIpc) is 3.15. The van der Waals surface area contributed by atoms with Gasteiger partial charge in [-0.05, 0) is 36.1 Å².